The van der Waals surface area contributed by atoms with Crippen LogP contribution in [0.3, 0.4) is 0 Å². The average Bonchev–Trinajstić information content (AvgIpc) is 3.15. The highest BCUT2D eigenvalue weighted by Crippen LogP contribution is 2.37. The summed E-state index contributed by atoms with van der Waals surface area (Å²) >= 11 is 0. The molecule has 0 spiro atoms. The summed E-state index contributed by atoms with van der Waals surface area (Å²) in [4.78, 5) is 27.9. The van der Waals surface area contributed by atoms with E-state index in [2.05, 4.69) is 5.32 Å². The van der Waals surface area contributed by atoms with E-state index in [1.807, 2.05) is 24.3 Å². The second-order valence-electron chi connectivity index (χ2n) is 7.94. The molecule has 0 aliphatic carbocycles. The number of carbonyl (C=O) groups excluding carboxylic acids is 2. The van der Waals surface area contributed by atoms with Crippen LogP contribution in [0.5, 0.6) is 11.5 Å². The summed E-state index contributed by atoms with van der Waals surface area (Å²) in [5.74, 6) is 0.191. The number of aryl methyl sites for hydroxylation is 1. The van der Waals surface area contributed by atoms with Crippen molar-refractivity contribution < 1.29 is 23.5 Å². The van der Waals surface area contributed by atoms with E-state index in [4.69, 9.17) is 9.47 Å². The van der Waals surface area contributed by atoms with E-state index in [0.29, 0.717) is 34.9 Å². The number of hydrogen-bond acceptors (Lipinski definition) is 4. The molecule has 3 aromatic carbocycles. The van der Waals surface area contributed by atoms with Gasteiger partial charge >= 0.3 is 0 Å². The first-order chi connectivity index (χ1) is 15.9. The van der Waals surface area contributed by atoms with E-state index < -0.39 is 11.9 Å². The van der Waals surface area contributed by atoms with E-state index in [1.165, 1.54) is 13.2 Å². The summed E-state index contributed by atoms with van der Waals surface area (Å²) in [6, 6.07) is 16.8. The molecular formula is C26H25FN2O4. The van der Waals surface area contributed by atoms with Gasteiger partial charge in [0.2, 0.25) is 5.91 Å². The third-order valence-electron chi connectivity index (χ3n) is 5.85. The highest BCUT2D eigenvalue weighted by atomic mass is 19.1. The van der Waals surface area contributed by atoms with Crippen LogP contribution in [0.2, 0.25) is 0 Å². The van der Waals surface area contributed by atoms with Gasteiger partial charge in [0.05, 0.1) is 26.7 Å². The molecule has 170 valence electrons. The molecule has 2 amide bonds. The second kappa shape index (κ2) is 9.32. The van der Waals surface area contributed by atoms with E-state index in [-0.39, 0.29) is 18.2 Å². The van der Waals surface area contributed by atoms with E-state index in [1.54, 1.807) is 49.3 Å². The Labute approximate surface area is 191 Å². The molecule has 0 saturated heterocycles. The number of ether oxygens (including phenoxy) is 2. The summed E-state index contributed by atoms with van der Waals surface area (Å²) in [7, 11) is 3.08. The molecule has 0 bridgehead atoms. The van der Waals surface area contributed by atoms with Crippen molar-refractivity contribution in [3.8, 4) is 11.5 Å². The quantitative estimate of drug-likeness (QED) is 0.560. The predicted molar refractivity (Wildman–Crippen MR) is 123 cm³/mol. The summed E-state index contributed by atoms with van der Waals surface area (Å²) in [6.07, 6.45) is -0.00922. The van der Waals surface area contributed by atoms with Crippen LogP contribution in [0.1, 0.15) is 39.5 Å². The Morgan fingerprint density at radius 3 is 2.52 bits per heavy atom. The largest absolute Gasteiger partial charge is 0.493 e. The molecule has 1 atom stereocenters. The fourth-order valence-electron chi connectivity index (χ4n) is 4.05. The molecule has 0 radical (unpaired) electrons. The van der Waals surface area contributed by atoms with Crippen LogP contribution in [0.4, 0.5) is 10.1 Å². The third-order valence-corrected chi connectivity index (χ3v) is 5.85. The molecular weight excluding hydrogens is 423 g/mol. The fourth-order valence-corrected chi connectivity index (χ4v) is 4.05. The Hall–Kier alpha value is -3.87. The molecule has 33 heavy (non-hydrogen) atoms. The molecule has 0 saturated carbocycles. The van der Waals surface area contributed by atoms with Crippen molar-refractivity contribution in [2.45, 2.75) is 25.9 Å². The Balaban J connectivity index is 1.65. The third kappa shape index (κ3) is 4.53. The van der Waals surface area contributed by atoms with Crippen molar-refractivity contribution in [2.24, 2.45) is 0 Å². The molecule has 0 fully saturated rings. The van der Waals surface area contributed by atoms with Crippen LogP contribution in [0, 0.1) is 12.7 Å². The van der Waals surface area contributed by atoms with Crippen molar-refractivity contribution in [1.82, 2.24) is 4.90 Å². The number of hydrogen-bond donors (Lipinski definition) is 1. The molecule has 1 N–H and O–H groups in total. The molecule has 1 aliphatic heterocycles. The molecule has 1 aliphatic rings. The summed E-state index contributed by atoms with van der Waals surface area (Å²) in [5, 5.41) is 2.75. The minimum absolute atomic E-state index is 0.00922. The topological polar surface area (TPSA) is 67.9 Å². The normalized spacial score (nSPS) is 13.5. The zero-order valence-electron chi connectivity index (χ0n) is 18.7. The van der Waals surface area contributed by atoms with E-state index >= 15 is 0 Å². The van der Waals surface area contributed by atoms with Crippen molar-refractivity contribution in [3.05, 3.63) is 88.7 Å². The maximum Gasteiger partial charge on any atom is 0.255 e. The Bertz CT molecular complexity index is 1210. The number of benzene rings is 3. The number of carbonyl (C=O) groups is 2. The van der Waals surface area contributed by atoms with Crippen molar-refractivity contribution in [3.63, 3.8) is 0 Å². The smallest absolute Gasteiger partial charge is 0.255 e. The van der Waals surface area contributed by atoms with Gasteiger partial charge in [-0.3, -0.25) is 9.59 Å². The lowest BCUT2D eigenvalue weighted by Gasteiger charge is -2.28. The van der Waals surface area contributed by atoms with Gasteiger partial charge in [-0.1, -0.05) is 30.3 Å². The lowest BCUT2D eigenvalue weighted by atomic mass is 10.0. The van der Waals surface area contributed by atoms with Gasteiger partial charge in [0.25, 0.3) is 5.91 Å². The highest BCUT2D eigenvalue weighted by Gasteiger charge is 2.34. The molecule has 1 heterocycles. The molecule has 3 aromatic rings. The van der Waals surface area contributed by atoms with Gasteiger partial charge in [-0.2, -0.15) is 0 Å². The van der Waals surface area contributed by atoms with Gasteiger partial charge in [0.1, 0.15) is 5.82 Å². The monoisotopic (exact) mass is 448 g/mol. The van der Waals surface area contributed by atoms with E-state index in [9.17, 15) is 14.0 Å². The van der Waals surface area contributed by atoms with Crippen LogP contribution in [-0.2, 0) is 11.3 Å². The summed E-state index contributed by atoms with van der Waals surface area (Å²) in [5.41, 5.74) is 3.14. The molecule has 4 rings (SSSR count). The van der Waals surface area contributed by atoms with Gasteiger partial charge in [-0.15, -0.1) is 0 Å². The average molecular weight is 448 g/mol. The van der Waals surface area contributed by atoms with Crippen LogP contribution in [0.25, 0.3) is 0 Å². The highest BCUT2D eigenvalue weighted by molar-refractivity contribution is 5.99. The summed E-state index contributed by atoms with van der Waals surface area (Å²) in [6.45, 7) is 2.05. The number of anilines is 1. The lowest BCUT2D eigenvalue weighted by molar-refractivity contribution is -0.117. The maximum atomic E-state index is 13.9. The minimum Gasteiger partial charge on any atom is -0.493 e. The van der Waals surface area contributed by atoms with Gasteiger partial charge in [0.15, 0.2) is 11.5 Å². The summed E-state index contributed by atoms with van der Waals surface area (Å²) < 4.78 is 24.7. The van der Waals surface area contributed by atoms with Crippen LogP contribution in [-0.4, -0.2) is 30.9 Å². The molecule has 7 heteroatoms. The number of rotatable bonds is 7. The molecule has 6 nitrogen and oxygen atoms in total. The molecule has 0 aromatic heterocycles. The zero-order chi connectivity index (χ0) is 23.5. The first kappa shape index (κ1) is 22.3. The number of methoxy groups -OCH3 is 2. The van der Waals surface area contributed by atoms with Gasteiger partial charge < -0.3 is 19.7 Å². The number of halogens is 1. The Morgan fingerprint density at radius 2 is 1.82 bits per heavy atom. The fraction of sp³-hybridized carbons (Fsp3) is 0.231. The van der Waals surface area contributed by atoms with Gasteiger partial charge in [-0.25, -0.2) is 4.39 Å². The van der Waals surface area contributed by atoms with Crippen LogP contribution in [0.15, 0.2) is 60.7 Å². The number of fused-ring (bicyclic) bond motifs is 1. The van der Waals surface area contributed by atoms with Gasteiger partial charge in [0, 0.05) is 17.8 Å². The van der Waals surface area contributed by atoms with Crippen LogP contribution >= 0.6 is 0 Å². The minimum atomic E-state index is -0.556. The number of amides is 2. The van der Waals surface area contributed by atoms with Crippen LogP contribution < -0.4 is 14.8 Å². The van der Waals surface area contributed by atoms with Gasteiger partial charge in [-0.05, 0) is 53.9 Å². The Morgan fingerprint density at radius 1 is 1.06 bits per heavy atom. The van der Waals surface area contributed by atoms with Crippen molar-refractivity contribution in [1.29, 1.82) is 0 Å². The Kier molecular flexibility index (Phi) is 6.31. The lowest BCUT2D eigenvalue weighted by Crippen LogP contribution is -2.32. The van der Waals surface area contributed by atoms with E-state index in [0.717, 1.165) is 11.1 Å². The predicted octanol–water partition coefficient (Wildman–Crippen LogP) is 4.88. The SMILES string of the molecule is COc1ccc([C@@H](CC(=O)Nc2ccc(C)c(F)c2)N2Cc3ccccc3C2=O)cc1OC. The number of nitrogens with zero attached hydrogens (tertiary/aromatic N) is 1. The second-order valence-corrected chi connectivity index (χ2v) is 7.94. The maximum absolute atomic E-state index is 13.9. The number of nitrogens with one attached hydrogen (secondary N) is 1. The first-order valence-electron chi connectivity index (χ1n) is 10.6. The standard InChI is InChI=1S/C26H25FN2O4/c1-16-8-10-19(13-21(16)27)28-25(30)14-22(17-9-11-23(32-2)24(12-17)33-3)29-15-18-6-4-5-7-20(18)26(29)31/h4-13,22H,14-15H2,1-3H3,(H,28,30)/t22-/m1/s1. The first-order valence-corrected chi connectivity index (χ1v) is 10.6. The van der Waals surface area contributed by atoms with Crippen molar-refractivity contribution >= 4 is 17.5 Å². The van der Waals surface area contributed by atoms with Crippen molar-refractivity contribution in [2.75, 3.05) is 19.5 Å². The zero-order valence-corrected chi connectivity index (χ0v) is 18.7. The molecule has 0 unspecified atom stereocenters.